The summed E-state index contributed by atoms with van der Waals surface area (Å²) in [5.41, 5.74) is 0.259. The van der Waals surface area contributed by atoms with Crippen LogP contribution in [-0.4, -0.2) is 35.8 Å². The Morgan fingerprint density at radius 1 is 0.583 bits per heavy atom. The van der Waals surface area contributed by atoms with Gasteiger partial charge in [-0.15, -0.1) is 0 Å². The second-order valence-corrected chi connectivity index (χ2v) is 10.0. The first-order chi connectivity index (χ1) is 16.8. The van der Waals surface area contributed by atoms with Gasteiger partial charge in [-0.1, -0.05) is 48.6 Å². The van der Waals surface area contributed by atoms with Crippen LogP contribution >= 0.6 is 0 Å². The molecule has 0 unspecified atom stereocenters. The van der Waals surface area contributed by atoms with E-state index in [9.17, 15) is 46.2 Å². The highest BCUT2D eigenvalue weighted by Gasteiger charge is 2.20. The first-order valence-electron chi connectivity index (χ1n) is 9.74. The molecule has 3 aromatic rings. The molecule has 0 aliphatic carbocycles. The molecule has 0 saturated carbocycles. The third-order valence-electron chi connectivity index (χ3n) is 4.82. The molecule has 3 aromatic carbocycles. The van der Waals surface area contributed by atoms with Gasteiger partial charge in [-0.3, -0.25) is 29.3 Å². The fourth-order valence-electron chi connectivity index (χ4n) is 3.09. The van der Waals surface area contributed by atoms with Gasteiger partial charge in [-0.05, 0) is 34.4 Å². The lowest BCUT2D eigenvalue weighted by atomic mass is 10.1. The van der Waals surface area contributed by atoms with Gasteiger partial charge in [0.15, 0.2) is 0 Å². The number of hydrogen-bond acceptors (Lipinski definition) is 8. The lowest BCUT2D eigenvalue weighted by Gasteiger charge is -2.04. The molecule has 0 aliphatic rings. The summed E-state index contributed by atoms with van der Waals surface area (Å²) in [4.78, 5) is 19.0. The Morgan fingerprint density at radius 2 is 0.917 bits per heavy atom. The minimum atomic E-state index is -4.72. The van der Waals surface area contributed by atoms with Crippen molar-refractivity contribution in [3.63, 3.8) is 0 Å². The van der Waals surface area contributed by atoms with Gasteiger partial charge < -0.3 is 0 Å². The number of nitro benzene ring substituents is 2. The molecule has 12 nitrogen and oxygen atoms in total. The van der Waals surface area contributed by atoms with Gasteiger partial charge in [-0.2, -0.15) is 16.8 Å². The summed E-state index contributed by atoms with van der Waals surface area (Å²) in [6.45, 7) is 0. The summed E-state index contributed by atoms with van der Waals surface area (Å²) in [5, 5.41) is 21.8. The average molecular weight is 533 g/mol. The van der Waals surface area contributed by atoms with Gasteiger partial charge >= 0.3 is 0 Å². The SMILES string of the molecule is O=[N+]([O-])c1ccc(C=Cc2ccc(C=Cc3ccc([N+](=O)[O-])cc3S(=O)(=O)O)cc2)c(S(=O)(=O)O)c1. The van der Waals surface area contributed by atoms with Crippen LogP contribution in [0.5, 0.6) is 0 Å². The molecule has 0 atom stereocenters. The number of non-ortho nitro benzene ring substituents is 2. The molecule has 0 heterocycles. The minimum Gasteiger partial charge on any atom is -0.282 e. The largest absolute Gasteiger partial charge is 0.295 e. The second-order valence-electron chi connectivity index (χ2n) is 7.24. The predicted octanol–water partition coefficient (Wildman–Crippen LogP) is 4.34. The number of rotatable bonds is 8. The zero-order chi connectivity index (χ0) is 26.7. The number of benzene rings is 3. The summed E-state index contributed by atoms with van der Waals surface area (Å²) in [6.07, 6.45) is 5.73. The van der Waals surface area contributed by atoms with E-state index in [1.807, 2.05) is 0 Å². The Hall–Kier alpha value is -4.24. The normalized spacial score (nSPS) is 12.3. The van der Waals surface area contributed by atoms with Crippen molar-refractivity contribution in [1.29, 1.82) is 0 Å². The lowest BCUT2D eigenvalue weighted by molar-refractivity contribution is -0.385. The quantitative estimate of drug-likeness (QED) is 0.182. The molecule has 0 amide bonds. The van der Waals surface area contributed by atoms with Crippen LogP contribution in [0.4, 0.5) is 11.4 Å². The fourth-order valence-corrected chi connectivity index (χ4v) is 4.49. The molecule has 3 rings (SSSR count). The van der Waals surface area contributed by atoms with Crippen molar-refractivity contribution in [2.45, 2.75) is 9.79 Å². The maximum atomic E-state index is 11.6. The monoisotopic (exact) mass is 532 g/mol. The standard InChI is InChI=1S/C22H16N2O10S2/c25-23(26)19-11-9-17(21(13-19)35(29,30)31)7-5-15-1-2-16(4-3-15)6-8-18-10-12-20(24(27)28)14-22(18)36(32,33)34/h1-14H,(H,29,30,31)(H,32,33,34). The Balaban J connectivity index is 1.86. The molecule has 0 fully saturated rings. The summed E-state index contributed by atoms with van der Waals surface area (Å²) in [5.74, 6) is 0. The molecule has 0 radical (unpaired) electrons. The molecule has 36 heavy (non-hydrogen) atoms. The highest BCUT2D eigenvalue weighted by atomic mass is 32.2. The van der Waals surface area contributed by atoms with Gasteiger partial charge in [0.2, 0.25) is 0 Å². The number of nitrogens with zero attached hydrogens (tertiary/aromatic N) is 2. The lowest BCUT2D eigenvalue weighted by Crippen LogP contribution is -2.02. The molecular weight excluding hydrogens is 516 g/mol. The zero-order valence-electron chi connectivity index (χ0n) is 18.0. The Labute approximate surface area is 204 Å². The van der Waals surface area contributed by atoms with E-state index < -0.39 is 51.2 Å². The first kappa shape index (κ1) is 26.4. The highest BCUT2D eigenvalue weighted by molar-refractivity contribution is 7.86. The molecule has 0 spiro atoms. The topological polar surface area (TPSA) is 195 Å². The molecule has 0 aromatic heterocycles. The van der Waals surface area contributed by atoms with Crippen molar-refractivity contribution >= 4 is 55.9 Å². The third kappa shape index (κ3) is 6.45. The minimum absolute atomic E-state index is 0.0305. The van der Waals surface area contributed by atoms with Crippen molar-refractivity contribution < 1.29 is 35.8 Å². The van der Waals surface area contributed by atoms with Gasteiger partial charge in [0.05, 0.1) is 9.85 Å². The van der Waals surface area contributed by atoms with E-state index in [2.05, 4.69) is 0 Å². The number of hydrogen-bond donors (Lipinski definition) is 2. The van der Waals surface area contributed by atoms with E-state index >= 15 is 0 Å². The molecule has 186 valence electrons. The molecule has 14 heteroatoms. The van der Waals surface area contributed by atoms with Crippen LogP contribution in [0.3, 0.4) is 0 Å². The van der Waals surface area contributed by atoms with Crippen LogP contribution in [0.2, 0.25) is 0 Å². The smallest absolute Gasteiger partial charge is 0.282 e. The van der Waals surface area contributed by atoms with Crippen LogP contribution < -0.4 is 0 Å². The van der Waals surface area contributed by atoms with E-state index in [1.54, 1.807) is 24.3 Å². The van der Waals surface area contributed by atoms with Crippen molar-refractivity contribution in [3.05, 3.63) is 103 Å². The van der Waals surface area contributed by atoms with Crippen LogP contribution in [0.1, 0.15) is 22.3 Å². The highest BCUT2D eigenvalue weighted by Crippen LogP contribution is 2.25. The van der Waals surface area contributed by atoms with Crippen LogP contribution in [-0.2, 0) is 20.2 Å². The average Bonchev–Trinajstić information content (AvgIpc) is 2.80. The zero-order valence-corrected chi connectivity index (χ0v) is 19.6. The van der Waals surface area contributed by atoms with Crippen LogP contribution in [0, 0.1) is 20.2 Å². The van der Waals surface area contributed by atoms with E-state index in [0.717, 1.165) is 24.3 Å². The first-order valence-corrected chi connectivity index (χ1v) is 12.6. The van der Waals surface area contributed by atoms with Gasteiger partial charge in [0, 0.05) is 24.3 Å². The molecule has 0 saturated heterocycles. The second kappa shape index (κ2) is 10.2. The van der Waals surface area contributed by atoms with Gasteiger partial charge in [0.1, 0.15) is 9.79 Å². The third-order valence-corrected chi connectivity index (χ3v) is 6.64. The predicted molar refractivity (Wildman–Crippen MR) is 130 cm³/mol. The van der Waals surface area contributed by atoms with Crippen LogP contribution in [0.15, 0.2) is 70.5 Å². The fraction of sp³-hybridized carbons (Fsp3) is 0. The van der Waals surface area contributed by atoms with Gasteiger partial charge in [-0.25, -0.2) is 0 Å². The van der Waals surface area contributed by atoms with Gasteiger partial charge in [0.25, 0.3) is 31.6 Å². The van der Waals surface area contributed by atoms with Crippen molar-refractivity contribution in [2.24, 2.45) is 0 Å². The van der Waals surface area contributed by atoms with Crippen molar-refractivity contribution in [2.75, 3.05) is 0 Å². The Kier molecular flexibility index (Phi) is 7.45. The van der Waals surface area contributed by atoms with E-state index in [1.165, 1.54) is 36.4 Å². The van der Waals surface area contributed by atoms with E-state index in [4.69, 9.17) is 0 Å². The Morgan fingerprint density at radius 3 is 1.19 bits per heavy atom. The van der Waals surface area contributed by atoms with E-state index in [-0.39, 0.29) is 11.1 Å². The van der Waals surface area contributed by atoms with Crippen LogP contribution in [0.25, 0.3) is 24.3 Å². The summed E-state index contributed by atoms with van der Waals surface area (Å²) < 4.78 is 65.3. The summed E-state index contributed by atoms with van der Waals surface area (Å²) in [6, 6.07) is 12.6. The summed E-state index contributed by atoms with van der Waals surface area (Å²) >= 11 is 0. The summed E-state index contributed by atoms with van der Waals surface area (Å²) in [7, 11) is -9.44. The molecule has 0 bridgehead atoms. The van der Waals surface area contributed by atoms with Crippen molar-refractivity contribution in [3.8, 4) is 0 Å². The molecular formula is C22H16N2O10S2. The molecule has 0 aliphatic heterocycles. The molecule has 2 N–H and O–H groups in total. The maximum absolute atomic E-state index is 11.6. The van der Waals surface area contributed by atoms with E-state index in [0.29, 0.717) is 11.1 Å². The Bertz CT molecular complexity index is 1500. The van der Waals surface area contributed by atoms with Crippen molar-refractivity contribution in [1.82, 2.24) is 0 Å². The maximum Gasteiger partial charge on any atom is 0.295 e. The number of nitro groups is 2.